The molecular weight excluding hydrogens is 448 g/mol. The third-order valence-corrected chi connectivity index (χ3v) is 7.02. The van der Waals surface area contributed by atoms with E-state index in [1.165, 1.54) is 11.1 Å². The normalized spacial score (nSPS) is 16.6. The molecule has 1 saturated carbocycles. The van der Waals surface area contributed by atoms with Gasteiger partial charge < -0.3 is 15.5 Å². The molecule has 2 aliphatic rings. The van der Waals surface area contributed by atoms with Crippen LogP contribution in [0.3, 0.4) is 0 Å². The average Bonchev–Trinajstić information content (AvgIpc) is 3.74. The second-order valence-corrected chi connectivity index (χ2v) is 9.69. The molecule has 1 aliphatic heterocycles. The fourth-order valence-corrected chi connectivity index (χ4v) is 4.88. The highest BCUT2D eigenvalue weighted by atomic mass is 16.2. The summed E-state index contributed by atoms with van der Waals surface area (Å²) in [4.78, 5) is 30.1. The first kappa shape index (κ1) is 24.2. The summed E-state index contributed by atoms with van der Waals surface area (Å²) in [5.74, 6) is -0.175. The molecule has 2 N–H and O–H groups in total. The molecule has 1 aliphatic carbocycles. The fraction of sp³-hybridized carbons (Fsp3) is 0.333. The van der Waals surface area contributed by atoms with Gasteiger partial charge in [-0.2, -0.15) is 0 Å². The van der Waals surface area contributed by atoms with Gasteiger partial charge in [0, 0.05) is 45.2 Å². The molecule has 0 bridgehead atoms. The van der Waals surface area contributed by atoms with Crippen molar-refractivity contribution in [2.24, 2.45) is 0 Å². The van der Waals surface area contributed by atoms with E-state index >= 15 is 0 Å². The molecule has 3 aromatic carbocycles. The summed E-state index contributed by atoms with van der Waals surface area (Å²) in [5.41, 5.74) is 3.72. The lowest BCUT2D eigenvalue weighted by Crippen LogP contribution is -2.48. The zero-order valence-electron chi connectivity index (χ0n) is 20.6. The number of piperazine rings is 1. The van der Waals surface area contributed by atoms with Crippen molar-refractivity contribution in [2.45, 2.75) is 31.3 Å². The van der Waals surface area contributed by atoms with E-state index in [1.54, 1.807) is 12.1 Å². The van der Waals surface area contributed by atoms with Gasteiger partial charge in [0.1, 0.15) is 0 Å². The number of benzene rings is 3. The predicted molar refractivity (Wildman–Crippen MR) is 143 cm³/mol. The number of carbonyl (C=O) groups excluding carboxylic acids is 2. The number of nitrogens with one attached hydrogen (secondary N) is 2. The molecule has 6 heteroatoms. The summed E-state index contributed by atoms with van der Waals surface area (Å²) < 4.78 is 0. The molecular formula is C30H34N4O2. The van der Waals surface area contributed by atoms with Crippen LogP contribution in [0.4, 0.5) is 5.69 Å². The maximum atomic E-state index is 12.7. The van der Waals surface area contributed by atoms with Crippen LogP contribution in [0.2, 0.25) is 0 Å². The van der Waals surface area contributed by atoms with Gasteiger partial charge in [-0.15, -0.1) is 0 Å². The molecule has 2 fully saturated rings. The Bertz CT molecular complexity index is 1120. The quantitative estimate of drug-likeness (QED) is 0.477. The molecule has 0 atom stereocenters. The van der Waals surface area contributed by atoms with E-state index in [1.807, 2.05) is 12.1 Å². The molecule has 186 valence electrons. The van der Waals surface area contributed by atoms with E-state index in [9.17, 15) is 9.59 Å². The summed E-state index contributed by atoms with van der Waals surface area (Å²) in [6.07, 6.45) is 2.47. The van der Waals surface area contributed by atoms with Crippen LogP contribution in [0.1, 0.15) is 46.8 Å². The molecule has 6 nitrogen and oxygen atoms in total. The monoisotopic (exact) mass is 482 g/mol. The third kappa shape index (κ3) is 6.20. The van der Waals surface area contributed by atoms with Crippen LogP contribution in [0.15, 0.2) is 84.9 Å². The topological polar surface area (TPSA) is 64.7 Å². The Morgan fingerprint density at radius 1 is 0.778 bits per heavy atom. The van der Waals surface area contributed by atoms with Crippen LogP contribution in [-0.2, 0) is 4.79 Å². The van der Waals surface area contributed by atoms with Crippen molar-refractivity contribution in [1.29, 1.82) is 0 Å². The Balaban J connectivity index is 1.14. The van der Waals surface area contributed by atoms with Gasteiger partial charge in [0.15, 0.2) is 0 Å². The Morgan fingerprint density at radius 3 is 1.97 bits per heavy atom. The van der Waals surface area contributed by atoms with E-state index in [0.29, 0.717) is 24.2 Å². The first-order chi connectivity index (χ1) is 17.7. The standard InChI is InChI=1S/C30H34N4O2/c35-28(32-27-14-8-7-13-26(27)30(36)31-25-15-16-25)17-18-33-19-21-34(22-20-33)29(23-9-3-1-4-10-23)24-11-5-2-6-12-24/h1-14,25,29H,15-22H2,(H,31,36)(H,32,35). The number of para-hydroxylation sites is 1. The Kier molecular flexibility index (Phi) is 7.74. The van der Waals surface area contributed by atoms with Crippen molar-refractivity contribution in [2.75, 3.05) is 38.0 Å². The van der Waals surface area contributed by atoms with Gasteiger partial charge in [0.05, 0.1) is 17.3 Å². The Morgan fingerprint density at radius 2 is 1.36 bits per heavy atom. The number of nitrogens with zero attached hydrogens (tertiary/aromatic N) is 2. The molecule has 5 rings (SSSR count). The van der Waals surface area contributed by atoms with E-state index in [0.717, 1.165) is 39.0 Å². The zero-order valence-corrected chi connectivity index (χ0v) is 20.6. The summed E-state index contributed by atoms with van der Waals surface area (Å²) in [7, 11) is 0. The Labute approximate surface area is 213 Å². The van der Waals surface area contributed by atoms with Crippen molar-refractivity contribution in [3.05, 3.63) is 102 Å². The Hall–Kier alpha value is -3.48. The summed E-state index contributed by atoms with van der Waals surface area (Å²) in [5, 5.41) is 5.96. The zero-order chi connectivity index (χ0) is 24.7. The van der Waals surface area contributed by atoms with Crippen molar-refractivity contribution in [3.8, 4) is 0 Å². The number of carbonyl (C=O) groups is 2. The summed E-state index contributed by atoms with van der Waals surface area (Å²) in [6.45, 7) is 4.44. The number of hydrogen-bond donors (Lipinski definition) is 2. The van der Waals surface area contributed by atoms with Crippen molar-refractivity contribution in [3.63, 3.8) is 0 Å². The maximum absolute atomic E-state index is 12.7. The second kappa shape index (κ2) is 11.5. The van der Waals surface area contributed by atoms with E-state index in [2.05, 4.69) is 81.1 Å². The van der Waals surface area contributed by atoms with Gasteiger partial charge in [-0.05, 0) is 36.1 Å². The van der Waals surface area contributed by atoms with Crippen LogP contribution in [0.5, 0.6) is 0 Å². The number of amides is 2. The van der Waals surface area contributed by atoms with Crippen LogP contribution in [-0.4, -0.2) is 60.4 Å². The number of anilines is 1. The largest absolute Gasteiger partial charge is 0.349 e. The fourth-order valence-electron chi connectivity index (χ4n) is 4.88. The van der Waals surface area contributed by atoms with Crippen LogP contribution < -0.4 is 10.6 Å². The molecule has 3 aromatic rings. The minimum Gasteiger partial charge on any atom is -0.349 e. The number of rotatable bonds is 9. The SMILES string of the molecule is O=C(CCN1CCN(C(c2ccccc2)c2ccccc2)CC1)Nc1ccccc1C(=O)NC1CC1. The van der Waals surface area contributed by atoms with Crippen molar-refractivity contribution in [1.82, 2.24) is 15.1 Å². The number of hydrogen-bond acceptors (Lipinski definition) is 4. The molecule has 0 radical (unpaired) electrons. The van der Waals surface area contributed by atoms with Crippen LogP contribution in [0, 0.1) is 0 Å². The minimum atomic E-state index is -0.115. The van der Waals surface area contributed by atoms with Gasteiger partial charge in [-0.1, -0.05) is 72.8 Å². The van der Waals surface area contributed by atoms with Gasteiger partial charge in [-0.3, -0.25) is 14.5 Å². The lowest BCUT2D eigenvalue weighted by atomic mass is 9.96. The smallest absolute Gasteiger partial charge is 0.253 e. The molecule has 2 amide bonds. The molecule has 36 heavy (non-hydrogen) atoms. The van der Waals surface area contributed by atoms with E-state index in [-0.39, 0.29) is 23.9 Å². The first-order valence-electron chi connectivity index (χ1n) is 12.9. The van der Waals surface area contributed by atoms with Gasteiger partial charge in [0.25, 0.3) is 5.91 Å². The minimum absolute atomic E-state index is 0.0597. The van der Waals surface area contributed by atoms with E-state index in [4.69, 9.17) is 0 Å². The first-order valence-corrected chi connectivity index (χ1v) is 12.9. The van der Waals surface area contributed by atoms with Gasteiger partial charge in [0.2, 0.25) is 5.91 Å². The summed E-state index contributed by atoms with van der Waals surface area (Å²) in [6, 6.07) is 29.1. The highest BCUT2D eigenvalue weighted by molar-refractivity contribution is 6.03. The third-order valence-electron chi connectivity index (χ3n) is 7.02. The van der Waals surface area contributed by atoms with Gasteiger partial charge in [-0.25, -0.2) is 0 Å². The molecule has 1 heterocycles. The summed E-state index contributed by atoms with van der Waals surface area (Å²) >= 11 is 0. The average molecular weight is 483 g/mol. The van der Waals surface area contributed by atoms with Crippen LogP contribution in [0.25, 0.3) is 0 Å². The van der Waals surface area contributed by atoms with Gasteiger partial charge >= 0.3 is 0 Å². The van der Waals surface area contributed by atoms with Crippen molar-refractivity contribution < 1.29 is 9.59 Å². The van der Waals surface area contributed by atoms with Crippen molar-refractivity contribution >= 4 is 17.5 Å². The lowest BCUT2D eigenvalue weighted by Gasteiger charge is -2.39. The van der Waals surface area contributed by atoms with E-state index < -0.39 is 0 Å². The second-order valence-electron chi connectivity index (χ2n) is 9.69. The lowest BCUT2D eigenvalue weighted by molar-refractivity contribution is -0.116. The molecule has 0 spiro atoms. The molecule has 1 saturated heterocycles. The maximum Gasteiger partial charge on any atom is 0.253 e. The highest BCUT2D eigenvalue weighted by Gasteiger charge is 2.27. The predicted octanol–water partition coefficient (Wildman–Crippen LogP) is 4.31. The highest BCUT2D eigenvalue weighted by Crippen LogP contribution is 2.29. The molecule has 0 unspecified atom stereocenters. The molecule has 0 aromatic heterocycles. The van der Waals surface area contributed by atoms with Crippen LogP contribution >= 0.6 is 0 Å².